The first kappa shape index (κ1) is 38.9. The van der Waals surface area contributed by atoms with E-state index < -0.39 is 98.6 Å². The molecule has 0 amide bonds. The molecule has 2 aromatic carbocycles. The van der Waals surface area contributed by atoms with Gasteiger partial charge in [-0.25, -0.2) is 9.59 Å². The molecule has 3 aliphatic rings. The highest BCUT2D eigenvalue weighted by atomic mass is 16.8. The van der Waals surface area contributed by atoms with E-state index in [-0.39, 0.29) is 13.2 Å². The summed E-state index contributed by atoms with van der Waals surface area (Å²) in [4.78, 5) is 49.3. The molecular weight excluding hydrogens is 692 g/mol. The zero-order valence-corrected chi connectivity index (χ0v) is 29.2. The second-order valence-corrected chi connectivity index (χ2v) is 11.8. The van der Waals surface area contributed by atoms with Gasteiger partial charge in [0.05, 0.1) is 27.4 Å². The number of carbonyl (C=O) groups is 4. The summed E-state index contributed by atoms with van der Waals surface area (Å²) >= 11 is 0. The average Bonchev–Trinajstić information content (AvgIpc) is 3.15. The monoisotopic (exact) mass is 734 g/mol. The summed E-state index contributed by atoms with van der Waals surface area (Å²) in [6, 6.07) is 18.6. The Morgan fingerprint density at radius 1 is 0.692 bits per heavy atom. The molecule has 2 aromatic rings. The zero-order valence-electron chi connectivity index (χ0n) is 29.2. The average molecular weight is 735 g/mol. The highest BCUT2D eigenvalue weighted by Crippen LogP contribution is 2.39. The lowest BCUT2D eigenvalue weighted by Crippen LogP contribution is -2.67. The van der Waals surface area contributed by atoms with Gasteiger partial charge < -0.3 is 61.6 Å². The van der Waals surface area contributed by atoms with Crippen LogP contribution in [-0.2, 0) is 77.8 Å². The van der Waals surface area contributed by atoms with E-state index in [1.54, 1.807) is 0 Å². The van der Waals surface area contributed by atoms with Crippen molar-refractivity contribution in [3.63, 3.8) is 0 Å². The van der Waals surface area contributed by atoms with Gasteiger partial charge in [-0.05, 0) is 5.56 Å². The van der Waals surface area contributed by atoms with Crippen LogP contribution < -0.4 is 0 Å². The summed E-state index contributed by atoms with van der Waals surface area (Å²) in [6.45, 7) is 1.98. The molecular formula is C35H42O17. The lowest BCUT2D eigenvalue weighted by molar-refractivity contribution is -0.395. The van der Waals surface area contributed by atoms with E-state index in [4.69, 9.17) is 61.6 Å². The number of hydrogen-bond donors (Lipinski definition) is 0. The fourth-order valence-electron chi connectivity index (χ4n) is 6.00. The van der Waals surface area contributed by atoms with Gasteiger partial charge >= 0.3 is 24.2 Å². The summed E-state index contributed by atoms with van der Waals surface area (Å²) in [5.41, 5.74) is 1.59. The maximum Gasteiger partial charge on any atom is 0.508 e. The molecule has 3 aliphatic heterocycles. The van der Waals surface area contributed by atoms with E-state index in [0.717, 1.165) is 39.2 Å². The minimum Gasteiger partial charge on any atom is -0.463 e. The Morgan fingerprint density at radius 2 is 1.35 bits per heavy atom. The van der Waals surface area contributed by atoms with Gasteiger partial charge in [0.1, 0.15) is 37.1 Å². The van der Waals surface area contributed by atoms with Gasteiger partial charge in [0.2, 0.25) is 0 Å². The van der Waals surface area contributed by atoms with Crippen molar-refractivity contribution < 1.29 is 80.8 Å². The van der Waals surface area contributed by atoms with Crippen molar-refractivity contribution in [3.8, 4) is 0 Å². The van der Waals surface area contributed by atoms with Crippen LogP contribution >= 0.6 is 0 Å². The Bertz CT molecular complexity index is 1470. The van der Waals surface area contributed by atoms with Crippen molar-refractivity contribution in [1.29, 1.82) is 0 Å². The number of carbonyl (C=O) groups excluding carboxylic acids is 4. The minimum absolute atomic E-state index is 0.108. The van der Waals surface area contributed by atoms with Gasteiger partial charge in [-0.1, -0.05) is 60.7 Å². The van der Waals surface area contributed by atoms with Crippen molar-refractivity contribution in [2.75, 3.05) is 34.5 Å². The van der Waals surface area contributed by atoms with Crippen molar-refractivity contribution in [2.24, 2.45) is 0 Å². The predicted octanol–water partition coefficient (Wildman–Crippen LogP) is 2.97. The highest BCUT2D eigenvalue weighted by Gasteiger charge is 2.58. The zero-order chi connectivity index (χ0) is 37.2. The van der Waals surface area contributed by atoms with Crippen molar-refractivity contribution >= 4 is 24.2 Å². The van der Waals surface area contributed by atoms with Gasteiger partial charge in [-0.2, -0.15) is 0 Å². The van der Waals surface area contributed by atoms with Gasteiger partial charge in [0.25, 0.3) is 0 Å². The smallest absolute Gasteiger partial charge is 0.463 e. The van der Waals surface area contributed by atoms with Crippen LogP contribution in [0.3, 0.4) is 0 Å². The largest absolute Gasteiger partial charge is 0.508 e. The summed E-state index contributed by atoms with van der Waals surface area (Å²) in [6.07, 6.45) is -15.8. The van der Waals surface area contributed by atoms with E-state index in [1.165, 1.54) is 7.11 Å². The van der Waals surface area contributed by atoms with Crippen LogP contribution in [0, 0.1) is 0 Å². The highest BCUT2D eigenvalue weighted by molar-refractivity contribution is 5.67. The third kappa shape index (κ3) is 9.74. The first-order chi connectivity index (χ1) is 25.1. The molecule has 5 rings (SSSR count). The van der Waals surface area contributed by atoms with Crippen LogP contribution in [0.1, 0.15) is 31.3 Å². The van der Waals surface area contributed by atoms with Crippen molar-refractivity contribution in [3.05, 3.63) is 71.8 Å². The predicted molar refractivity (Wildman–Crippen MR) is 171 cm³/mol. The molecule has 3 fully saturated rings. The molecule has 0 radical (unpaired) electrons. The van der Waals surface area contributed by atoms with Crippen LogP contribution in [0.4, 0.5) is 9.59 Å². The molecule has 52 heavy (non-hydrogen) atoms. The van der Waals surface area contributed by atoms with E-state index in [2.05, 4.69) is 0 Å². The fraction of sp³-hybridized carbons (Fsp3) is 0.543. The first-order valence-electron chi connectivity index (χ1n) is 16.4. The van der Waals surface area contributed by atoms with Crippen LogP contribution in [0.15, 0.2) is 60.7 Å². The molecule has 17 nitrogen and oxygen atoms in total. The van der Waals surface area contributed by atoms with E-state index in [1.807, 2.05) is 60.7 Å². The molecule has 0 bridgehead atoms. The molecule has 3 heterocycles. The molecule has 0 saturated carbocycles. The second-order valence-electron chi connectivity index (χ2n) is 11.8. The first-order valence-corrected chi connectivity index (χ1v) is 16.4. The van der Waals surface area contributed by atoms with Gasteiger partial charge in [-0.3, -0.25) is 9.59 Å². The van der Waals surface area contributed by atoms with E-state index in [9.17, 15) is 19.2 Å². The fourth-order valence-corrected chi connectivity index (χ4v) is 6.00. The Labute approximate surface area is 299 Å². The molecule has 3 saturated heterocycles. The van der Waals surface area contributed by atoms with E-state index >= 15 is 0 Å². The third-order valence-corrected chi connectivity index (χ3v) is 8.31. The molecule has 0 aromatic heterocycles. The van der Waals surface area contributed by atoms with Crippen LogP contribution in [0.2, 0.25) is 0 Å². The molecule has 0 aliphatic carbocycles. The third-order valence-electron chi connectivity index (χ3n) is 8.31. The molecule has 284 valence electrons. The lowest BCUT2D eigenvalue weighted by atomic mass is 9.95. The maximum absolute atomic E-state index is 12.6. The topological polar surface area (TPSA) is 188 Å². The quantitative estimate of drug-likeness (QED) is 0.228. The summed E-state index contributed by atoms with van der Waals surface area (Å²) in [5.74, 6) is -1.51. The number of methoxy groups -OCH3 is 3. The van der Waals surface area contributed by atoms with Gasteiger partial charge in [0, 0.05) is 26.5 Å². The maximum atomic E-state index is 12.6. The van der Waals surface area contributed by atoms with Crippen LogP contribution in [-0.4, -0.2) is 120 Å². The summed E-state index contributed by atoms with van der Waals surface area (Å²) in [7, 11) is 3.49. The molecule has 17 heteroatoms. The molecule has 0 spiro atoms. The Hall–Kier alpha value is -4.36. The second kappa shape index (κ2) is 18.4. The van der Waals surface area contributed by atoms with Gasteiger partial charge in [-0.15, -0.1) is 0 Å². The number of hydrogen-bond acceptors (Lipinski definition) is 17. The Balaban J connectivity index is 1.53. The molecule has 11 atom stereocenters. The van der Waals surface area contributed by atoms with Gasteiger partial charge in [0.15, 0.2) is 37.2 Å². The number of rotatable bonds is 12. The van der Waals surface area contributed by atoms with Crippen LogP contribution in [0.25, 0.3) is 0 Å². The normalized spacial score (nSPS) is 31.3. The Kier molecular flexibility index (Phi) is 13.8. The summed E-state index contributed by atoms with van der Waals surface area (Å²) < 4.78 is 75.0. The number of esters is 2. The standard InChI is InChI=1S/C35H42O17/c1-19(36)43-17-23-26(46-20(2)37)28(51-34(38)41-4)30(52-35(39)42-5)33(48-23)50-29-27(44-16-21-12-8-6-9-13-21)25-24(47-32(29)40-3)18-45-31(49-25)22-14-10-7-11-15-22/h6-15,23-33H,16-18H2,1-5H3/t23-,24-,25-,26-,27+,28+,29-,30-,31?,32+,33+/m1/s1. The minimum atomic E-state index is -1.68. The SMILES string of the molecule is COC(=O)O[C@@H]1[C@@H](OC(=O)OC)[C@H](O[C@H]2[C@@H](OC)O[C@@H]3COC(c4ccccc4)O[C@H]3[C@@H]2OCc2ccccc2)O[C@H](COC(C)=O)[C@H]1OC(C)=O. The van der Waals surface area contributed by atoms with Crippen molar-refractivity contribution in [2.45, 2.75) is 88.2 Å². The summed E-state index contributed by atoms with van der Waals surface area (Å²) in [5, 5.41) is 0. The van der Waals surface area contributed by atoms with Crippen molar-refractivity contribution in [1.82, 2.24) is 0 Å². The number of fused-ring (bicyclic) bond motifs is 1. The molecule has 0 N–H and O–H groups in total. The number of ether oxygens (including phenoxy) is 13. The van der Waals surface area contributed by atoms with E-state index in [0.29, 0.717) is 0 Å². The van der Waals surface area contributed by atoms with Crippen LogP contribution in [0.5, 0.6) is 0 Å². The molecule has 1 unspecified atom stereocenters. The number of benzene rings is 2. The Morgan fingerprint density at radius 3 is 1.96 bits per heavy atom. The lowest BCUT2D eigenvalue weighted by Gasteiger charge is -2.50.